The predicted molar refractivity (Wildman–Crippen MR) is 107 cm³/mol. The fourth-order valence-electron chi connectivity index (χ4n) is 4.32. The van der Waals surface area contributed by atoms with Crippen LogP contribution in [0, 0.1) is 5.92 Å². The highest BCUT2D eigenvalue weighted by molar-refractivity contribution is 5.85. The van der Waals surface area contributed by atoms with Gasteiger partial charge in [-0.15, -0.1) is 12.4 Å². The lowest BCUT2D eigenvalue weighted by molar-refractivity contribution is -0.0825. The maximum Gasteiger partial charge on any atom is 0.0939 e. The molecular weight excluding hydrogens is 330 g/mol. The number of hydrogen-bond donors (Lipinski definition) is 1. The van der Waals surface area contributed by atoms with Crippen LogP contribution in [0.5, 0.6) is 0 Å². The third-order valence-corrected chi connectivity index (χ3v) is 5.63. The fraction of sp³-hybridized carbons (Fsp3) is 0.455. The zero-order chi connectivity index (χ0) is 17.0. The third kappa shape index (κ3) is 4.44. The molecular formula is C22H30ClNO. The number of rotatable bonds is 5. The summed E-state index contributed by atoms with van der Waals surface area (Å²) in [5.41, 5.74) is 1.70. The second-order valence-electron chi connectivity index (χ2n) is 7.36. The van der Waals surface area contributed by atoms with E-state index in [9.17, 15) is 5.11 Å². The van der Waals surface area contributed by atoms with Crippen LogP contribution in [0.25, 0.3) is 0 Å². The van der Waals surface area contributed by atoms with Crippen molar-refractivity contribution in [2.75, 3.05) is 14.1 Å². The lowest BCUT2D eigenvalue weighted by Gasteiger charge is -2.46. The minimum Gasteiger partial charge on any atom is -0.385 e. The van der Waals surface area contributed by atoms with Crippen molar-refractivity contribution in [1.29, 1.82) is 0 Å². The average molecular weight is 360 g/mol. The van der Waals surface area contributed by atoms with Gasteiger partial charge in [0.15, 0.2) is 0 Å². The van der Waals surface area contributed by atoms with Gasteiger partial charge in [0, 0.05) is 12.0 Å². The van der Waals surface area contributed by atoms with Gasteiger partial charge in [-0.05, 0) is 44.5 Å². The first kappa shape index (κ1) is 20.0. The normalized spacial score (nSPS) is 24.6. The van der Waals surface area contributed by atoms with Crippen LogP contribution in [0.2, 0.25) is 0 Å². The maximum atomic E-state index is 11.7. The number of halogens is 1. The van der Waals surface area contributed by atoms with Gasteiger partial charge in [-0.25, -0.2) is 0 Å². The quantitative estimate of drug-likeness (QED) is 0.839. The molecule has 3 heteroatoms. The Labute approximate surface area is 158 Å². The molecule has 2 aromatic carbocycles. The van der Waals surface area contributed by atoms with Crippen LogP contribution >= 0.6 is 12.4 Å². The summed E-state index contributed by atoms with van der Waals surface area (Å²) in [7, 11) is 4.29. The molecule has 25 heavy (non-hydrogen) atoms. The van der Waals surface area contributed by atoms with Crippen molar-refractivity contribution in [2.24, 2.45) is 5.92 Å². The Bertz CT molecular complexity index is 631. The van der Waals surface area contributed by atoms with Gasteiger partial charge in [-0.2, -0.15) is 0 Å². The van der Waals surface area contributed by atoms with Crippen molar-refractivity contribution < 1.29 is 5.11 Å². The van der Waals surface area contributed by atoms with E-state index < -0.39 is 5.60 Å². The van der Waals surface area contributed by atoms with Crippen molar-refractivity contribution in [2.45, 2.75) is 43.7 Å². The van der Waals surface area contributed by atoms with Crippen molar-refractivity contribution in [3.05, 3.63) is 71.8 Å². The van der Waals surface area contributed by atoms with Crippen LogP contribution in [-0.4, -0.2) is 30.1 Å². The first-order valence-electron chi connectivity index (χ1n) is 9.09. The smallest absolute Gasteiger partial charge is 0.0939 e. The van der Waals surface area contributed by atoms with Gasteiger partial charge < -0.3 is 10.0 Å². The zero-order valence-corrected chi connectivity index (χ0v) is 16.1. The van der Waals surface area contributed by atoms with Gasteiger partial charge in [-0.1, -0.05) is 73.5 Å². The highest BCUT2D eigenvalue weighted by atomic mass is 35.5. The molecule has 0 radical (unpaired) electrons. The topological polar surface area (TPSA) is 23.5 Å². The first-order valence-corrected chi connectivity index (χ1v) is 9.09. The van der Waals surface area contributed by atoms with Crippen LogP contribution in [0.4, 0.5) is 0 Å². The van der Waals surface area contributed by atoms with Crippen molar-refractivity contribution >= 4 is 12.4 Å². The van der Waals surface area contributed by atoms with E-state index in [2.05, 4.69) is 61.5 Å². The molecule has 0 aromatic heterocycles. The molecule has 0 bridgehead atoms. The number of nitrogens with zero attached hydrogens (tertiary/aromatic N) is 1. The summed E-state index contributed by atoms with van der Waals surface area (Å²) >= 11 is 0. The SMILES string of the molecule is CN(C)C(Cc1ccccc1)C1CCCCC1(O)c1ccccc1.Cl. The van der Waals surface area contributed by atoms with Crippen LogP contribution in [0.1, 0.15) is 36.8 Å². The van der Waals surface area contributed by atoms with E-state index in [0.29, 0.717) is 6.04 Å². The van der Waals surface area contributed by atoms with Gasteiger partial charge in [0.1, 0.15) is 0 Å². The molecule has 0 aliphatic heterocycles. The Balaban J connectivity index is 0.00000225. The summed E-state index contributed by atoms with van der Waals surface area (Å²) in [6.07, 6.45) is 5.24. The molecule has 1 aliphatic rings. The number of aliphatic hydroxyl groups is 1. The predicted octanol–water partition coefficient (Wildman–Crippen LogP) is 4.66. The second-order valence-corrected chi connectivity index (χ2v) is 7.36. The Hall–Kier alpha value is -1.35. The molecule has 1 aliphatic carbocycles. The molecule has 2 nitrogen and oxygen atoms in total. The standard InChI is InChI=1S/C22H29NO.ClH/c1-23(2)21(17-18-11-5-3-6-12-18)20-15-9-10-16-22(20,24)19-13-7-4-8-14-19;/h3-8,11-14,20-21,24H,9-10,15-17H2,1-2H3;1H. The Morgan fingerprint density at radius 1 is 1.00 bits per heavy atom. The Morgan fingerprint density at radius 2 is 1.60 bits per heavy atom. The second kappa shape index (κ2) is 8.84. The number of benzene rings is 2. The molecule has 0 amide bonds. The lowest BCUT2D eigenvalue weighted by Crippen LogP contribution is -2.50. The van der Waals surface area contributed by atoms with Crippen molar-refractivity contribution in [1.82, 2.24) is 4.90 Å². The molecule has 0 spiro atoms. The van der Waals surface area contributed by atoms with E-state index >= 15 is 0 Å². The summed E-state index contributed by atoms with van der Waals surface area (Å²) in [5, 5.41) is 11.7. The minimum atomic E-state index is -0.719. The van der Waals surface area contributed by atoms with Crippen molar-refractivity contribution in [3.8, 4) is 0 Å². The van der Waals surface area contributed by atoms with E-state index in [1.54, 1.807) is 0 Å². The molecule has 0 heterocycles. The summed E-state index contributed by atoms with van der Waals surface area (Å²) < 4.78 is 0. The first-order chi connectivity index (χ1) is 11.6. The molecule has 136 valence electrons. The van der Waals surface area contributed by atoms with Crippen LogP contribution in [-0.2, 0) is 12.0 Å². The lowest BCUT2D eigenvalue weighted by atomic mass is 9.67. The Kier molecular flexibility index (Phi) is 7.06. The van der Waals surface area contributed by atoms with Gasteiger partial charge in [0.25, 0.3) is 0 Å². The molecule has 1 saturated carbocycles. The molecule has 1 N–H and O–H groups in total. The van der Waals surface area contributed by atoms with Crippen LogP contribution < -0.4 is 0 Å². The molecule has 3 atom stereocenters. The summed E-state index contributed by atoms with van der Waals surface area (Å²) in [6.45, 7) is 0. The minimum absolute atomic E-state index is 0. The van der Waals surface area contributed by atoms with Gasteiger partial charge >= 0.3 is 0 Å². The van der Waals surface area contributed by atoms with Crippen LogP contribution in [0.3, 0.4) is 0 Å². The molecule has 3 rings (SSSR count). The highest BCUT2D eigenvalue weighted by Crippen LogP contribution is 2.44. The zero-order valence-electron chi connectivity index (χ0n) is 15.3. The van der Waals surface area contributed by atoms with E-state index in [1.165, 1.54) is 12.0 Å². The monoisotopic (exact) mass is 359 g/mol. The number of likely N-dealkylation sites (N-methyl/N-ethyl adjacent to an activating group) is 1. The number of hydrogen-bond acceptors (Lipinski definition) is 2. The van der Waals surface area contributed by atoms with E-state index in [1.807, 2.05) is 18.2 Å². The molecule has 0 saturated heterocycles. The molecule has 3 unspecified atom stereocenters. The summed E-state index contributed by atoms with van der Waals surface area (Å²) in [6, 6.07) is 21.3. The third-order valence-electron chi connectivity index (χ3n) is 5.63. The molecule has 2 aromatic rings. The average Bonchev–Trinajstić information content (AvgIpc) is 2.62. The molecule has 1 fully saturated rings. The fourth-order valence-corrected chi connectivity index (χ4v) is 4.32. The highest BCUT2D eigenvalue weighted by Gasteiger charge is 2.44. The van der Waals surface area contributed by atoms with E-state index in [4.69, 9.17) is 0 Å². The Morgan fingerprint density at radius 3 is 2.20 bits per heavy atom. The summed E-state index contributed by atoms with van der Waals surface area (Å²) in [4.78, 5) is 2.30. The van der Waals surface area contributed by atoms with Gasteiger partial charge in [0.05, 0.1) is 5.60 Å². The summed E-state index contributed by atoms with van der Waals surface area (Å²) in [5.74, 6) is 0.254. The maximum absolute atomic E-state index is 11.7. The van der Waals surface area contributed by atoms with Crippen molar-refractivity contribution in [3.63, 3.8) is 0 Å². The largest absolute Gasteiger partial charge is 0.385 e. The van der Waals surface area contributed by atoms with Gasteiger partial charge in [-0.3, -0.25) is 0 Å². The van der Waals surface area contributed by atoms with Crippen LogP contribution in [0.15, 0.2) is 60.7 Å². The van der Waals surface area contributed by atoms with Gasteiger partial charge in [0.2, 0.25) is 0 Å². The van der Waals surface area contributed by atoms with E-state index in [0.717, 1.165) is 31.2 Å². The van der Waals surface area contributed by atoms with E-state index in [-0.39, 0.29) is 18.3 Å².